The summed E-state index contributed by atoms with van der Waals surface area (Å²) in [6.07, 6.45) is 1.05. The van der Waals surface area contributed by atoms with Crippen LogP contribution < -0.4 is 5.73 Å². The normalized spacial score (nSPS) is 16.5. The molecular formula is C17H26N2S. The molecule has 0 spiro atoms. The van der Waals surface area contributed by atoms with Gasteiger partial charge in [-0.3, -0.25) is 4.90 Å². The van der Waals surface area contributed by atoms with E-state index in [1.54, 1.807) is 11.3 Å². The minimum Gasteiger partial charge on any atom is -0.322 e. The first-order valence-electron chi connectivity index (χ1n) is 7.55. The van der Waals surface area contributed by atoms with Crippen LogP contribution in [0.3, 0.4) is 0 Å². The molecule has 0 radical (unpaired) electrons. The number of nitrogens with zero attached hydrogens (tertiary/aromatic N) is 1. The zero-order valence-corrected chi connectivity index (χ0v) is 13.8. The van der Waals surface area contributed by atoms with Crippen molar-refractivity contribution in [3.63, 3.8) is 0 Å². The summed E-state index contributed by atoms with van der Waals surface area (Å²) in [5.41, 5.74) is 8.01. The summed E-state index contributed by atoms with van der Waals surface area (Å²) < 4.78 is 1.34. The quantitative estimate of drug-likeness (QED) is 0.853. The van der Waals surface area contributed by atoms with E-state index in [1.165, 1.54) is 15.6 Å². The van der Waals surface area contributed by atoms with Crippen LogP contribution in [0.2, 0.25) is 0 Å². The standard InChI is InChI=1S/C17H26N2S/c1-5-17(4,19(6-2)7-3)16(18)14-10-8-9-13-11-12-20-15(13)14/h8-12,16H,5-7,18H2,1-4H3. The van der Waals surface area contributed by atoms with Crippen molar-refractivity contribution in [1.82, 2.24) is 4.90 Å². The molecule has 0 amide bonds. The summed E-state index contributed by atoms with van der Waals surface area (Å²) in [6, 6.07) is 8.71. The molecule has 2 unspecified atom stereocenters. The van der Waals surface area contributed by atoms with Gasteiger partial charge in [0.2, 0.25) is 0 Å². The van der Waals surface area contributed by atoms with Crippen molar-refractivity contribution in [2.45, 2.75) is 45.7 Å². The van der Waals surface area contributed by atoms with E-state index in [2.05, 4.69) is 62.2 Å². The second kappa shape index (κ2) is 6.25. The van der Waals surface area contributed by atoms with Gasteiger partial charge >= 0.3 is 0 Å². The Bertz CT molecular complexity index is 559. The van der Waals surface area contributed by atoms with E-state index in [9.17, 15) is 0 Å². The number of hydrogen-bond acceptors (Lipinski definition) is 3. The van der Waals surface area contributed by atoms with Gasteiger partial charge in [-0.05, 0) is 48.8 Å². The lowest BCUT2D eigenvalue weighted by Gasteiger charge is -2.44. The highest BCUT2D eigenvalue weighted by Crippen LogP contribution is 2.37. The molecule has 2 aromatic rings. The highest BCUT2D eigenvalue weighted by Gasteiger charge is 2.36. The molecule has 1 aromatic heterocycles. The average molecular weight is 290 g/mol. The van der Waals surface area contributed by atoms with Gasteiger partial charge in [0, 0.05) is 16.3 Å². The smallest absolute Gasteiger partial charge is 0.0493 e. The van der Waals surface area contributed by atoms with Crippen molar-refractivity contribution < 1.29 is 0 Å². The Morgan fingerprint density at radius 2 is 1.90 bits per heavy atom. The Morgan fingerprint density at radius 3 is 2.50 bits per heavy atom. The maximum Gasteiger partial charge on any atom is 0.0493 e. The Labute approximate surface area is 126 Å². The Kier molecular flexibility index (Phi) is 4.84. The first kappa shape index (κ1) is 15.5. The largest absolute Gasteiger partial charge is 0.322 e. The molecule has 1 heterocycles. The lowest BCUT2D eigenvalue weighted by atomic mass is 9.83. The van der Waals surface area contributed by atoms with Crippen molar-refractivity contribution in [3.05, 3.63) is 35.2 Å². The minimum atomic E-state index is 0.00176. The SMILES string of the molecule is CCN(CC)C(C)(CC)C(N)c1cccc2ccsc12. The van der Waals surface area contributed by atoms with Crippen LogP contribution >= 0.6 is 11.3 Å². The lowest BCUT2D eigenvalue weighted by Crippen LogP contribution is -2.53. The maximum atomic E-state index is 6.73. The number of likely N-dealkylation sites (N-methyl/N-ethyl adjacent to an activating group) is 1. The van der Waals surface area contributed by atoms with Crippen molar-refractivity contribution in [1.29, 1.82) is 0 Å². The molecule has 0 aliphatic heterocycles. The molecule has 2 nitrogen and oxygen atoms in total. The summed E-state index contributed by atoms with van der Waals surface area (Å²) in [4.78, 5) is 2.49. The molecule has 0 bridgehead atoms. The average Bonchev–Trinajstić information content (AvgIpc) is 2.95. The fourth-order valence-corrected chi connectivity index (χ4v) is 4.14. The number of fused-ring (bicyclic) bond motifs is 1. The van der Waals surface area contributed by atoms with Crippen LogP contribution in [-0.2, 0) is 0 Å². The molecule has 1 aromatic carbocycles. The van der Waals surface area contributed by atoms with Crippen molar-refractivity contribution >= 4 is 21.4 Å². The van der Waals surface area contributed by atoms with Gasteiger partial charge < -0.3 is 5.73 Å². The lowest BCUT2D eigenvalue weighted by molar-refractivity contribution is 0.0849. The van der Waals surface area contributed by atoms with Crippen molar-refractivity contribution in [3.8, 4) is 0 Å². The van der Waals surface area contributed by atoms with Crippen LogP contribution in [-0.4, -0.2) is 23.5 Å². The molecule has 2 N–H and O–H groups in total. The number of thiophene rings is 1. The fourth-order valence-electron chi connectivity index (χ4n) is 3.18. The Hall–Kier alpha value is -0.900. The highest BCUT2D eigenvalue weighted by molar-refractivity contribution is 7.17. The van der Waals surface area contributed by atoms with E-state index < -0.39 is 0 Å². The predicted molar refractivity (Wildman–Crippen MR) is 90.4 cm³/mol. The molecule has 0 fully saturated rings. The van der Waals surface area contributed by atoms with Gasteiger partial charge in [-0.2, -0.15) is 0 Å². The van der Waals surface area contributed by atoms with Crippen LogP contribution in [0, 0.1) is 0 Å². The van der Waals surface area contributed by atoms with Crippen LogP contribution in [0.25, 0.3) is 10.1 Å². The minimum absolute atomic E-state index is 0.00176. The van der Waals surface area contributed by atoms with E-state index in [0.29, 0.717) is 0 Å². The summed E-state index contributed by atoms with van der Waals surface area (Å²) in [7, 11) is 0. The van der Waals surface area contributed by atoms with Gasteiger partial charge in [0.15, 0.2) is 0 Å². The summed E-state index contributed by atoms with van der Waals surface area (Å²) in [5, 5.41) is 3.46. The monoisotopic (exact) mass is 290 g/mol. The third-order valence-corrected chi connectivity index (χ3v) is 5.70. The summed E-state index contributed by atoms with van der Waals surface area (Å²) >= 11 is 1.80. The van der Waals surface area contributed by atoms with E-state index >= 15 is 0 Å². The van der Waals surface area contributed by atoms with E-state index in [4.69, 9.17) is 5.73 Å². The van der Waals surface area contributed by atoms with Crippen LogP contribution in [0.4, 0.5) is 0 Å². The number of hydrogen-bond donors (Lipinski definition) is 1. The molecule has 0 aliphatic rings. The first-order chi connectivity index (χ1) is 9.58. The molecule has 0 saturated heterocycles. The van der Waals surface area contributed by atoms with Crippen LogP contribution in [0.15, 0.2) is 29.6 Å². The van der Waals surface area contributed by atoms with E-state index in [-0.39, 0.29) is 11.6 Å². The van der Waals surface area contributed by atoms with Gasteiger partial charge in [0.1, 0.15) is 0 Å². The molecule has 0 saturated carbocycles. The first-order valence-corrected chi connectivity index (χ1v) is 8.43. The summed E-state index contributed by atoms with van der Waals surface area (Å²) in [6.45, 7) is 11.1. The van der Waals surface area contributed by atoms with Gasteiger partial charge in [-0.25, -0.2) is 0 Å². The van der Waals surface area contributed by atoms with Crippen molar-refractivity contribution in [2.24, 2.45) is 5.73 Å². The third-order valence-electron chi connectivity index (χ3n) is 4.72. The second-order valence-electron chi connectivity index (χ2n) is 5.55. The molecule has 2 rings (SSSR count). The second-order valence-corrected chi connectivity index (χ2v) is 6.46. The topological polar surface area (TPSA) is 29.3 Å². The van der Waals surface area contributed by atoms with Gasteiger partial charge in [0.05, 0.1) is 0 Å². The van der Waals surface area contributed by atoms with Gasteiger partial charge in [-0.15, -0.1) is 11.3 Å². The van der Waals surface area contributed by atoms with E-state index in [0.717, 1.165) is 19.5 Å². The molecule has 0 aliphatic carbocycles. The molecule has 3 heteroatoms. The summed E-state index contributed by atoms with van der Waals surface area (Å²) in [5.74, 6) is 0. The van der Waals surface area contributed by atoms with Crippen LogP contribution in [0.1, 0.15) is 45.7 Å². The molecule has 110 valence electrons. The Morgan fingerprint density at radius 1 is 1.20 bits per heavy atom. The van der Waals surface area contributed by atoms with Crippen molar-refractivity contribution in [2.75, 3.05) is 13.1 Å². The predicted octanol–water partition coefficient (Wildman–Crippen LogP) is 4.41. The number of nitrogens with two attached hydrogens (primary N) is 1. The van der Waals surface area contributed by atoms with Crippen LogP contribution in [0.5, 0.6) is 0 Å². The number of rotatable bonds is 6. The fraction of sp³-hybridized carbons (Fsp3) is 0.529. The van der Waals surface area contributed by atoms with E-state index in [1.807, 2.05) is 0 Å². The zero-order chi connectivity index (χ0) is 14.8. The molecular weight excluding hydrogens is 264 g/mol. The zero-order valence-electron chi connectivity index (χ0n) is 13.0. The highest BCUT2D eigenvalue weighted by atomic mass is 32.1. The third kappa shape index (κ3) is 2.50. The number of benzene rings is 1. The van der Waals surface area contributed by atoms with Gasteiger partial charge in [-0.1, -0.05) is 39.0 Å². The Balaban J connectivity index is 2.47. The van der Waals surface area contributed by atoms with Gasteiger partial charge in [0.25, 0.3) is 0 Å². The molecule has 2 atom stereocenters. The molecule has 20 heavy (non-hydrogen) atoms. The maximum absolute atomic E-state index is 6.73.